The zero-order chi connectivity index (χ0) is 20.1. The average Bonchev–Trinajstić information content (AvgIpc) is 2.61. The van der Waals surface area contributed by atoms with Crippen molar-refractivity contribution in [3.8, 4) is 0 Å². The number of hydrogen-bond acceptors (Lipinski definition) is 2. The van der Waals surface area contributed by atoms with Gasteiger partial charge in [0, 0.05) is 34.5 Å². The molecule has 1 amide bonds. The molecule has 5 heteroatoms. The summed E-state index contributed by atoms with van der Waals surface area (Å²) in [5.41, 5.74) is 2.98. The molecule has 1 unspecified atom stereocenters. The van der Waals surface area contributed by atoms with Crippen molar-refractivity contribution in [1.82, 2.24) is 0 Å². The molecule has 0 radical (unpaired) electrons. The second kappa shape index (κ2) is 7.16. The highest BCUT2D eigenvalue weighted by Crippen LogP contribution is 2.49. The number of hydrogen-bond donors (Lipinski definition) is 0. The zero-order valence-electron chi connectivity index (χ0n) is 15.8. The quantitative estimate of drug-likeness (QED) is 0.532. The molecule has 0 N–H and O–H groups in total. The van der Waals surface area contributed by atoms with Crippen LogP contribution < -0.4 is 4.90 Å². The second-order valence-electron chi connectivity index (χ2n) is 8.26. The highest BCUT2D eigenvalue weighted by molar-refractivity contribution is 9.10. The van der Waals surface area contributed by atoms with Gasteiger partial charge in [0.1, 0.15) is 0 Å². The Kier molecular flexibility index (Phi) is 4.96. The van der Waals surface area contributed by atoms with Crippen LogP contribution in [0.25, 0.3) is 0 Å². The number of carbonyl (C=O) groups excluding carboxylic acids is 2. The summed E-state index contributed by atoms with van der Waals surface area (Å²) in [5, 5.41) is 0.512. The van der Waals surface area contributed by atoms with Crippen LogP contribution in [0.4, 0.5) is 5.69 Å². The summed E-state index contributed by atoms with van der Waals surface area (Å²) in [7, 11) is 0. The van der Waals surface area contributed by atoms with E-state index in [2.05, 4.69) is 29.8 Å². The number of halogens is 2. The number of rotatable bonds is 2. The highest BCUT2D eigenvalue weighted by atomic mass is 79.9. The summed E-state index contributed by atoms with van der Waals surface area (Å²) in [5.74, 6) is -0.143. The van der Waals surface area contributed by atoms with Gasteiger partial charge in [0.05, 0.1) is 10.7 Å². The van der Waals surface area contributed by atoms with Crippen molar-refractivity contribution in [3.63, 3.8) is 0 Å². The molecule has 1 aliphatic carbocycles. The molecule has 3 nitrogen and oxygen atoms in total. The lowest BCUT2D eigenvalue weighted by Crippen LogP contribution is -2.43. The standard InChI is InChI=1S/C23H21BrClNO2/c1-23(2)12-19-22(20(27)13-23)15(14-7-3-4-8-16(14)24)11-21(28)26(19)18-10-6-5-9-17(18)25/h3-10,15H,11-13H2,1-2H3. The Morgan fingerprint density at radius 2 is 1.71 bits per heavy atom. The van der Waals surface area contributed by atoms with Crippen molar-refractivity contribution in [1.29, 1.82) is 0 Å². The van der Waals surface area contributed by atoms with E-state index in [1.54, 1.807) is 11.0 Å². The van der Waals surface area contributed by atoms with Gasteiger partial charge in [0.25, 0.3) is 0 Å². The highest BCUT2D eigenvalue weighted by Gasteiger charge is 2.45. The van der Waals surface area contributed by atoms with E-state index in [0.717, 1.165) is 21.3 Å². The van der Waals surface area contributed by atoms with Gasteiger partial charge in [0.15, 0.2) is 5.78 Å². The van der Waals surface area contributed by atoms with Crippen LogP contribution in [-0.4, -0.2) is 11.7 Å². The van der Waals surface area contributed by atoms with E-state index >= 15 is 0 Å². The molecule has 1 heterocycles. The first-order valence-electron chi connectivity index (χ1n) is 9.37. The van der Waals surface area contributed by atoms with Crippen LogP contribution in [0.5, 0.6) is 0 Å². The number of ketones is 1. The summed E-state index contributed by atoms with van der Waals surface area (Å²) in [4.78, 5) is 28.3. The van der Waals surface area contributed by atoms with E-state index in [-0.39, 0.29) is 29.4 Å². The summed E-state index contributed by atoms with van der Waals surface area (Å²) >= 11 is 10.0. The number of para-hydroxylation sites is 1. The first-order chi connectivity index (χ1) is 13.3. The second-order valence-corrected chi connectivity index (χ2v) is 9.52. The third-order valence-electron chi connectivity index (χ3n) is 5.52. The van der Waals surface area contributed by atoms with Crippen LogP contribution in [0.3, 0.4) is 0 Å². The molecule has 0 saturated heterocycles. The van der Waals surface area contributed by atoms with Crippen LogP contribution in [-0.2, 0) is 9.59 Å². The third-order valence-corrected chi connectivity index (χ3v) is 6.56. The van der Waals surface area contributed by atoms with Gasteiger partial charge in [-0.1, -0.05) is 71.7 Å². The van der Waals surface area contributed by atoms with Gasteiger partial charge in [-0.25, -0.2) is 0 Å². The Morgan fingerprint density at radius 1 is 1.04 bits per heavy atom. The molecule has 0 spiro atoms. The van der Waals surface area contributed by atoms with Crippen LogP contribution >= 0.6 is 27.5 Å². The summed E-state index contributed by atoms with van der Waals surface area (Å²) < 4.78 is 0.920. The first-order valence-corrected chi connectivity index (χ1v) is 10.5. The number of carbonyl (C=O) groups is 2. The summed E-state index contributed by atoms with van der Waals surface area (Å²) in [6.45, 7) is 4.15. The van der Waals surface area contributed by atoms with Crippen LogP contribution in [0.15, 0.2) is 64.3 Å². The Hall–Kier alpha value is -1.91. The van der Waals surface area contributed by atoms with Crippen LogP contribution in [0.1, 0.15) is 44.6 Å². The number of nitrogens with zero attached hydrogens (tertiary/aromatic N) is 1. The van der Waals surface area contributed by atoms with Crippen LogP contribution in [0.2, 0.25) is 5.02 Å². The number of benzene rings is 2. The lowest BCUT2D eigenvalue weighted by atomic mass is 9.69. The lowest BCUT2D eigenvalue weighted by molar-refractivity contribution is -0.121. The van der Waals surface area contributed by atoms with Crippen molar-refractivity contribution in [3.05, 3.63) is 74.9 Å². The predicted octanol–water partition coefficient (Wildman–Crippen LogP) is 6.27. The van der Waals surface area contributed by atoms with Gasteiger partial charge < -0.3 is 0 Å². The topological polar surface area (TPSA) is 37.4 Å². The zero-order valence-corrected chi connectivity index (χ0v) is 18.2. The number of amides is 1. The maximum Gasteiger partial charge on any atom is 0.232 e. The minimum Gasteiger partial charge on any atom is -0.294 e. The number of Topliss-reactive ketones (excluding diaryl/α,β-unsaturated/α-hetero) is 1. The molecule has 0 bridgehead atoms. The predicted molar refractivity (Wildman–Crippen MR) is 115 cm³/mol. The van der Waals surface area contributed by atoms with Crippen molar-refractivity contribution in [2.24, 2.45) is 5.41 Å². The minimum absolute atomic E-state index is 0.0295. The molecule has 2 aromatic rings. The molecule has 144 valence electrons. The molecular formula is C23H21BrClNO2. The molecule has 28 heavy (non-hydrogen) atoms. The Morgan fingerprint density at radius 3 is 2.43 bits per heavy atom. The van der Waals surface area contributed by atoms with Gasteiger partial charge in [-0.15, -0.1) is 0 Å². The van der Waals surface area contributed by atoms with E-state index < -0.39 is 0 Å². The van der Waals surface area contributed by atoms with Gasteiger partial charge in [0.2, 0.25) is 5.91 Å². The fourth-order valence-electron chi connectivity index (χ4n) is 4.35. The largest absolute Gasteiger partial charge is 0.294 e. The van der Waals surface area contributed by atoms with Crippen LogP contribution in [0, 0.1) is 5.41 Å². The Balaban J connectivity index is 1.94. The van der Waals surface area contributed by atoms with Crippen molar-refractivity contribution in [2.45, 2.75) is 39.0 Å². The van der Waals surface area contributed by atoms with Crippen molar-refractivity contribution < 1.29 is 9.59 Å². The molecule has 2 aromatic carbocycles. The van der Waals surface area contributed by atoms with E-state index in [4.69, 9.17) is 11.6 Å². The summed E-state index contributed by atoms with van der Waals surface area (Å²) in [6, 6.07) is 15.2. The SMILES string of the molecule is CC1(C)CC(=O)C2=C(C1)N(c1ccccc1Cl)C(=O)CC2c1ccccc1Br. The van der Waals surface area contributed by atoms with E-state index in [1.807, 2.05) is 42.5 Å². The molecular weight excluding hydrogens is 438 g/mol. The maximum absolute atomic E-state index is 13.3. The number of anilines is 1. The lowest BCUT2D eigenvalue weighted by Gasteiger charge is -2.43. The normalized spacial score (nSPS) is 21.7. The minimum atomic E-state index is -0.236. The van der Waals surface area contributed by atoms with Gasteiger partial charge in [-0.3, -0.25) is 14.5 Å². The smallest absolute Gasteiger partial charge is 0.232 e. The average molecular weight is 459 g/mol. The monoisotopic (exact) mass is 457 g/mol. The Bertz CT molecular complexity index is 1010. The first kappa shape index (κ1) is 19.4. The molecule has 0 aromatic heterocycles. The van der Waals surface area contributed by atoms with E-state index in [1.165, 1.54) is 0 Å². The third kappa shape index (κ3) is 3.33. The fraction of sp³-hybridized carbons (Fsp3) is 0.304. The van der Waals surface area contributed by atoms with Crippen molar-refractivity contribution in [2.75, 3.05) is 4.90 Å². The fourth-order valence-corrected chi connectivity index (χ4v) is 5.13. The molecule has 2 aliphatic rings. The Labute approximate surface area is 178 Å². The van der Waals surface area contributed by atoms with E-state index in [0.29, 0.717) is 23.6 Å². The molecule has 1 aliphatic heterocycles. The number of allylic oxidation sites excluding steroid dienone is 2. The van der Waals surface area contributed by atoms with Gasteiger partial charge in [-0.2, -0.15) is 0 Å². The molecule has 4 rings (SSSR count). The van der Waals surface area contributed by atoms with Gasteiger partial charge in [-0.05, 0) is 35.6 Å². The maximum atomic E-state index is 13.3. The van der Waals surface area contributed by atoms with E-state index in [9.17, 15) is 9.59 Å². The van der Waals surface area contributed by atoms with Crippen molar-refractivity contribution >= 4 is 44.9 Å². The molecule has 1 atom stereocenters. The van der Waals surface area contributed by atoms with Gasteiger partial charge >= 0.3 is 0 Å². The molecule has 0 fully saturated rings. The summed E-state index contributed by atoms with van der Waals surface area (Å²) in [6.07, 6.45) is 1.39. The molecule has 0 saturated carbocycles.